The largest absolute Gasteiger partial charge is 0.269 e. The van der Waals surface area contributed by atoms with Crippen molar-refractivity contribution < 1.29 is 35.1 Å². The zero-order valence-electron chi connectivity index (χ0n) is 24.6. The third-order valence-electron chi connectivity index (χ3n) is 8.75. The minimum atomic E-state index is -1.91. The van der Waals surface area contributed by atoms with E-state index < -0.39 is 69.6 Å². The molecule has 0 N–H and O–H groups in total. The van der Waals surface area contributed by atoms with Crippen LogP contribution in [0.5, 0.6) is 0 Å². The Bertz CT molecular complexity index is 2470. The molecule has 0 saturated carbocycles. The molecule has 2 aliphatic carbocycles. The molecule has 14 heteroatoms. The molecule has 0 amide bonds. The molecule has 0 atom stereocenters. The number of fused-ring (bicyclic) bond motifs is 6. The smallest absolute Gasteiger partial charge is 0.226 e. The predicted octanol–water partition coefficient (Wildman–Crippen LogP) is 7.17. The van der Waals surface area contributed by atoms with Gasteiger partial charge in [0.15, 0.2) is 23.3 Å². The quantitative estimate of drug-likeness (QED) is 0.110. The van der Waals surface area contributed by atoms with Gasteiger partial charge in [-0.3, -0.25) is 0 Å². The predicted molar refractivity (Wildman–Crippen MR) is 160 cm³/mol. The molecule has 0 fully saturated rings. The number of pyridine rings is 2. The highest BCUT2D eigenvalue weighted by molar-refractivity contribution is 5.96. The van der Waals surface area contributed by atoms with E-state index in [4.69, 9.17) is 13.1 Å². The van der Waals surface area contributed by atoms with E-state index in [-0.39, 0.29) is 78.9 Å². The van der Waals surface area contributed by atoms with Crippen LogP contribution in [0.3, 0.4) is 0 Å². The van der Waals surface area contributed by atoms with E-state index in [1.54, 1.807) is 12.1 Å². The van der Waals surface area contributed by atoms with Crippen molar-refractivity contribution in [3.05, 3.63) is 139 Å². The van der Waals surface area contributed by atoms with Gasteiger partial charge in [0.2, 0.25) is 0 Å². The Balaban J connectivity index is 1.65. The van der Waals surface area contributed by atoms with Crippen LogP contribution in [0.1, 0.15) is 22.3 Å². The maximum absolute atomic E-state index is 15.1. The molecule has 0 bridgehead atoms. The van der Waals surface area contributed by atoms with Gasteiger partial charge < -0.3 is 0 Å². The molecule has 2 aliphatic rings. The van der Waals surface area contributed by atoms with Gasteiger partial charge in [-0.05, 0) is 68.5 Å². The summed E-state index contributed by atoms with van der Waals surface area (Å²) in [6, 6.07) is 11.4. The summed E-state index contributed by atoms with van der Waals surface area (Å²) < 4.78 is 117. The third-order valence-corrected chi connectivity index (χ3v) is 8.75. The maximum atomic E-state index is 15.1. The Morgan fingerprint density at radius 3 is 1.10 bits per heavy atom. The Labute approximate surface area is 275 Å². The second kappa shape index (κ2) is 11.4. The molecule has 7 rings (SSSR count). The number of aromatic nitrogens is 2. The topological polar surface area (TPSA) is 82.1 Å². The minimum Gasteiger partial charge on any atom is -0.226 e. The van der Waals surface area contributed by atoms with Gasteiger partial charge in [-0.25, -0.2) is 37.8 Å². The van der Waals surface area contributed by atoms with E-state index in [2.05, 4.69) is 19.7 Å². The monoisotopic (exact) mass is 678 g/mol. The lowest BCUT2D eigenvalue weighted by Gasteiger charge is -2.13. The van der Waals surface area contributed by atoms with Gasteiger partial charge in [0, 0.05) is 10.4 Å². The first-order chi connectivity index (χ1) is 24.0. The summed E-state index contributed by atoms with van der Waals surface area (Å²) in [6.45, 7) is 15.6. The fraction of sp³-hybridized carbons (Fsp3) is 0.0556. The summed E-state index contributed by atoms with van der Waals surface area (Å²) in [7, 11) is 0. The Morgan fingerprint density at radius 2 is 0.820 bits per heavy atom. The molecular formula is C36H10F8N6. The van der Waals surface area contributed by atoms with Crippen molar-refractivity contribution in [3.63, 3.8) is 0 Å². The molecule has 0 spiro atoms. The van der Waals surface area contributed by atoms with Crippen molar-refractivity contribution in [1.29, 1.82) is 10.5 Å². The molecule has 0 unspecified atom stereocenters. The molecule has 3 aromatic carbocycles. The molecule has 0 saturated heterocycles. The number of benzene rings is 3. The lowest BCUT2D eigenvalue weighted by molar-refractivity contribution is 0.410. The molecule has 240 valence electrons. The number of nitriles is 2. The van der Waals surface area contributed by atoms with Crippen molar-refractivity contribution in [3.8, 4) is 56.6 Å². The number of nitrogens with zero attached hydrogens (tertiary/aromatic N) is 6. The lowest BCUT2D eigenvalue weighted by atomic mass is 9.90. The highest BCUT2D eigenvalue weighted by Gasteiger charge is 2.36. The zero-order valence-corrected chi connectivity index (χ0v) is 24.6. The van der Waals surface area contributed by atoms with E-state index in [9.17, 15) is 28.1 Å². The van der Waals surface area contributed by atoms with Crippen molar-refractivity contribution >= 4 is 11.4 Å². The SMILES string of the molecule is [C-]#[N+]/C(C#N)=c1/c2c(/c(=C(\C#N)[N+]#[C-])c3c1-c1cccc(-c4c(F)c(F)nc(F)c4F)c1C3)-c1cccc(-c3c(F)c(F)nc(F)c3F)c1C2. The molecule has 5 aromatic rings. The number of hydrogen-bond donors (Lipinski definition) is 0. The average Bonchev–Trinajstić information content (AvgIpc) is 3.68. The standard InChI is InChI=1S/C36H10F8N6/c1-47-21(11-45)25-19-9-17-14(6-4-8-15(17)27-29(37)33(41)49-34(42)30(27)38)24(19)26(22(12-46)48-2)20-10-18-13(23(20)25)5-3-7-16(18)28-31(39)35(43)50-36(44)32(28)40/h3-8H,9-10H2/b25-21-,26-22+. The third kappa shape index (κ3) is 4.22. The Hall–Kier alpha value is -6.90. The van der Waals surface area contributed by atoms with Gasteiger partial charge in [0.1, 0.15) is 0 Å². The molecule has 6 nitrogen and oxygen atoms in total. The van der Waals surface area contributed by atoms with Gasteiger partial charge >= 0.3 is 0 Å². The number of halogens is 8. The van der Waals surface area contributed by atoms with Crippen LogP contribution < -0.4 is 10.4 Å². The molecule has 2 aromatic heterocycles. The number of hydrogen-bond acceptors (Lipinski definition) is 4. The van der Waals surface area contributed by atoms with Crippen molar-refractivity contribution in [2.45, 2.75) is 12.8 Å². The van der Waals surface area contributed by atoms with E-state index in [1.165, 1.54) is 36.4 Å². The summed E-state index contributed by atoms with van der Waals surface area (Å²) in [5.74, 6) is -14.8. The summed E-state index contributed by atoms with van der Waals surface area (Å²) in [5, 5.41) is 20.1. The van der Waals surface area contributed by atoms with E-state index in [1.807, 2.05) is 0 Å². The van der Waals surface area contributed by atoms with Crippen LogP contribution in [0.4, 0.5) is 35.1 Å². The second-order valence-corrected chi connectivity index (χ2v) is 11.0. The fourth-order valence-electron chi connectivity index (χ4n) is 6.89. The lowest BCUT2D eigenvalue weighted by Crippen LogP contribution is -2.25. The number of rotatable bonds is 2. The van der Waals surface area contributed by atoms with E-state index >= 15 is 17.6 Å². The maximum Gasteiger partial charge on any atom is 0.269 e. The first-order valence-electron chi connectivity index (χ1n) is 14.2. The van der Waals surface area contributed by atoms with Crippen molar-refractivity contribution in [2.24, 2.45) is 0 Å². The van der Waals surface area contributed by atoms with E-state index in [0.717, 1.165) is 0 Å². The summed E-state index contributed by atoms with van der Waals surface area (Å²) >= 11 is 0. The van der Waals surface area contributed by atoms with Gasteiger partial charge in [0.25, 0.3) is 35.2 Å². The van der Waals surface area contributed by atoms with Crippen LogP contribution in [-0.2, 0) is 12.8 Å². The normalized spacial score (nSPS) is 13.2. The van der Waals surface area contributed by atoms with Crippen LogP contribution in [0, 0.1) is 82.9 Å². The summed E-state index contributed by atoms with van der Waals surface area (Å²) in [4.78, 5) is 11.9. The van der Waals surface area contributed by atoms with Gasteiger partial charge in [-0.1, -0.05) is 36.4 Å². The fourth-order valence-corrected chi connectivity index (χ4v) is 6.89. The molecule has 0 radical (unpaired) electrons. The van der Waals surface area contributed by atoms with Crippen LogP contribution in [-0.4, -0.2) is 9.97 Å². The molecule has 0 aliphatic heterocycles. The Morgan fingerprint density at radius 1 is 0.520 bits per heavy atom. The summed E-state index contributed by atoms with van der Waals surface area (Å²) in [5.41, 5.74) is -3.01. The molecular weight excluding hydrogens is 668 g/mol. The first-order valence-corrected chi connectivity index (χ1v) is 14.2. The average molecular weight is 679 g/mol. The minimum absolute atomic E-state index is 0.0577. The highest BCUT2D eigenvalue weighted by Crippen LogP contribution is 2.46. The first kappa shape index (κ1) is 31.7. The van der Waals surface area contributed by atoms with Crippen molar-refractivity contribution in [1.82, 2.24) is 9.97 Å². The molecule has 2 heterocycles. The van der Waals surface area contributed by atoms with Crippen LogP contribution >= 0.6 is 0 Å². The van der Waals surface area contributed by atoms with Gasteiger partial charge in [-0.15, -0.1) is 0 Å². The Kier molecular flexibility index (Phi) is 7.20. The van der Waals surface area contributed by atoms with Crippen LogP contribution in [0.25, 0.3) is 65.6 Å². The summed E-state index contributed by atoms with van der Waals surface area (Å²) in [6.07, 6.45) is -0.672. The van der Waals surface area contributed by atoms with Gasteiger partial charge in [0.05, 0.1) is 36.4 Å². The second-order valence-electron chi connectivity index (χ2n) is 11.0. The van der Waals surface area contributed by atoms with Crippen molar-refractivity contribution in [2.75, 3.05) is 0 Å². The van der Waals surface area contributed by atoms with Gasteiger partial charge in [-0.2, -0.15) is 27.5 Å². The molecule has 50 heavy (non-hydrogen) atoms. The zero-order chi connectivity index (χ0) is 35.8. The van der Waals surface area contributed by atoms with Crippen LogP contribution in [0.2, 0.25) is 0 Å². The van der Waals surface area contributed by atoms with E-state index in [0.29, 0.717) is 0 Å². The van der Waals surface area contributed by atoms with Crippen LogP contribution in [0.15, 0.2) is 36.4 Å². The highest BCUT2D eigenvalue weighted by atomic mass is 19.2.